The molecule has 2 heterocycles. The van der Waals surface area contributed by atoms with Gasteiger partial charge in [-0.25, -0.2) is 4.79 Å². The molecule has 0 N–H and O–H groups in total. The number of aromatic nitrogens is 2. The van der Waals surface area contributed by atoms with Crippen LogP contribution in [0.25, 0.3) is 0 Å². The van der Waals surface area contributed by atoms with Gasteiger partial charge in [-0.1, -0.05) is 0 Å². The minimum atomic E-state index is -0.504. The molecule has 1 aromatic rings. The topological polar surface area (TPSA) is 76.8 Å². The van der Waals surface area contributed by atoms with Crippen LogP contribution in [-0.2, 0) is 18.8 Å². The maximum absolute atomic E-state index is 12.9. The van der Waals surface area contributed by atoms with Crippen molar-refractivity contribution < 1.29 is 9.53 Å². The van der Waals surface area contributed by atoms with E-state index in [9.17, 15) is 14.4 Å². The summed E-state index contributed by atoms with van der Waals surface area (Å²) in [5.41, 5.74) is -0.874. The maximum Gasteiger partial charge on any atom is 0.331 e. The summed E-state index contributed by atoms with van der Waals surface area (Å²) in [4.78, 5) is 40.5. The van der Waals surface area contributed by atoms with Crippen molar-refractivity contribution in [3.63, 3.8) is 0 Å². The number of nitrogens with zero attached hydrogens (tertiary/aromatic N) is 4. The molecule has 8 nitrogen and oxygen atoms in total. The molecule has 1 aromatic heterocycles. The summed E-state index contributed by atoms with van der Waals surface area (Å²) >= 11 is 0. The minimum Gasteiger partial charge on any atom is -0.376 e. The van der Waals surface area contributed by atoms with Crippen molar-refractivity contribution in [1.82, 2.24) is 18.9 Å². The fourth-order valence-electron chi connectivity index (χ4n) is 2.73. The van der Waals surface area contributed by atoms with E-state index in [-0.39, 0.29) is 17.7 Å². The Kier molecular flexibility index (Phi) is 5.95. The second-order valence-electron chi connectivity index (χ2n) is 6.46. The van der Waals surface area contributed by atoms with Gasteiger partial charge in [0.1, 0.15) is 5.69 Å². The molecular weight excluding hydrogens is 312 g/mol. The zero-order valence-corrected chi connectivity index (χ0v) is 14.8. The zero-order chi connectivity index (χ0) is 17.9. The van der Waals surface area contributed by atoms with Gasteiger partial charge in [0.25, 0.3) is 11.5 Å². The fourth-order valence-corrected chi connectivity index (χ4v) is 2.73. The first-order valence-electron chi connectivity index (χ1n) is 8.14. The number of amides is 1. The Morgan fingerprint density at radius 2 is 1.96 bits per heavy atom. The van der Waals surface area contributed by atoms with Crippen LogP contribution in [-0.4, -0.2) is 71.3 Å². The zero-order valence-electron chi connectivity index (χ0n) is 14.8. The molecule has 0 spiro atoms. The van der Waals surface area contributed by atoms with Gasteiger partial charge >= 0.3 is 5.69 Å². The molecule has 0 unspecified atom stereocenters. The molecule has 1 aliphatic heterocycles. The number of rotatable bonds is 6. The van der Waals surface area contributed by atoms with Gasteiger partial charge in [-0.3, -0.25) is 18.7 Å². The molecule has 0 aliphatic carbocycles. The van der Waals surface area contributed by atoms with Crippen LogP contribution in [0.3, 0.4) is 0 Å². The SMILES string of the molecule is CN(C)CCN(C[C@H]1CCCO1)C(=O)c1cc(=O)n(C)c(=O)n1C. The Labute approximate surface area is 141 Å². The Morgan fingerprint density at radius 3 is 2.54 bits per heavy atom. The highest BCUT2D eigenvalue weighted by atomic mass is 16.5. The monoisotopic (exact) mass is 338 g/mol. The number of carbonyl (C=O) groups is 1. The van der Waals surface area contributed by atoms with Crippen molar-refractivity contribution in [2.24, 2.45) is 14.1 Å². The van der Waals surface area contributed by atoms with Crippen molar-refractivity contribution in [1.29, 1.82) is 0 Å². The summed E-state index contributed by atoms with van der Waals surface area (Å²) in [5, 5.41) is 0. The third-order valence-electron chi connectivity index (χ3n) is 4.30. The van der Waals surface area contributed by atoms with Crippen LogP contribution >= 0.6 is 0 Å². The van der Waals surface area contributed by atoms with Crippen molar-refractivity contribution in [2.45, 2.75) is 18.9 Å². The molecule has 0 radical (unpaired) electrons. The molecule has 1 aliphatic rings. The molecule has 1 atom stereocenters. The fraction of sp³-hybridized carbons (Fsp3) is 0.688. The van der Waals surface area contributed by atoms with Crippen molar-refractivity contribution in [3.8, 4) is 0 Å². The molecule has 24 heavy (non-hydrogen) atoms. The molecule has 1 fully saturated rings. The molecule has 134 valence electrons. The lowest BCUT2D eigenvalue weighted by atomic mass is 10.2. The lowest BCUT2D eigenvalue weighted by Crippen LogP contribution is -2.45. The third kappa shape index (κ3) is 4.12. The van der Waals surface area contributed by atoms with E-state index in [0.717, 1.165) is 17.4 Å². The maximum atomic E-state index is 12.9. The van der Waals surface area contributed by atoms with E-state index in [1.807, 2.05) is 19.0 Å². The van der Waals surface area contributed by atoms with E-state index in [1.165, 1.54) is 24.7 Å². The molecule has 2 rings (SSSR count). The van der Waals surface area contributed by atoms with Crippen LogP contribution in [0.2, 0.25) is 0 Å². The molecular formula is C16H26N4O4. The summed E-state index contributed by atoms with van der Waals surface area (Å²) in [7, 11) is 6.77. The first-order valence-corrected chi connectivity index (χ1v) is 8.14. The van der Waals surface area contributed by atoms with Gasteiger partial charge in [0.15, 0.2) is 0 Å². The molecule has 8 heteroatoms. The van der Waals surface area contributed by atoms with Crippen LogP contribution < -0.4 is 11.2 Å². The van der Waals surface area contributed by atoms with Gasteiger partial charge in [-0.2, -0.15) is 0 Å². The van der Waals surface area contributed by atoms with Crippen LogP contribution in [0.4, 0.5) is 0 Å². The third-order valence-corrected chi connectivity index (χ3v) is 4.30. The van der Waals surface area contributed by atoms with Gasteiger partial charge in [0.2, 0.25) is 0 Å². The number of hydrogen-bond acceptors (Lipinski definition) is 5. The van der Waals surface area contributed by atoms with E-state index >= 15 is 0 Å². The molecule has 1 amide bonds. The number of ether oxygens (including phenoxy) is 1. The lowest BCUT2D eigenvalue weighted by molar-refractivity contribution is 0.0503. The van der Waals surface area contributed by atoms with E-state index in [0.29, 0.717) is 26.2 Å². The first kappa shape index (κ1) is 18.4. The highest BCUT2D eigenvalue weighted by molar-refractivity contribution is 5.92. The smallest absolute Gasteiger partial charge is 0.331 e. The predicted molar refractivity (Wildman–Crippen MR) is 90.4 cm³/mol. The summed E-state index contributed by atoms with van der Waals surface area (Å²) in [6.07, 6.45) is 1.92. The second-order valence-corrected chi connectivity index (χ2v) is 6.46. The average Bonchev–Trinajstić information content (AvgIpc) is 3.05. The molecule has 0 aromatic carbocycles. The molecule has 1 saturated heterocycles. The van der Waals surface area contributed by atoms with E-state index in [2.05, 4.69) is 0 Å². The van der Waals surface area contributed by atoms with Crippen molar-refractivity contribution >= 4 is 5.91 Å². The lowest BCUT2D eigenvalue weighted by Gasteiger charge is -2.27. The summed E-state index contributed by atoms with van der Waals surface area (Å²) in [5.74, 6) is -0.315. The van der Waals surface area contributed by atoms with Crippen LogP contribution in [0, 0.1) is 0 Å². The Hall–Kier alpha value is -1.93. The van der Waals surface area contributed by atoms with Gasteiger partial charge in [0, 0.05) is 46.4 Å². The second kappa shape index (κ2) is 7.76. The standard InChI is InChI=1S/C16H26N4O4/c1-17(2)7-8-20(11-12-6-5-9-24-12)15(22)13-10-14(21)19(4)16(23)18(13)3/h10,12H,5-9,11H2,1-4H3/t12-/m1/s1. The number of carbonyl (C=O) groups excluding carboxylic acids is 1. The summed E-state index contributed by atoms with van der Waals surface area (Å²) in [6, 6.07) is 1.22. The molecule has 0 saturated carbocycles. The highest BCUT2D eigenvalue weighted by Crippen LogP contribution is 2.14. The average molecular weight is 338 g/mol. The predicted octanol–water partition coefficient (Wildman–Crippen LogP) is -0.733. The Morgan fingerprint density at radius 1 is 1.25 bits per heavy atom. The van der Waals surface area contributed by atoms with Gasteiger partial charge in [0.05, 0.1) is 6.10 Å². The number of hydrogen-bond donors (Lipinski definition) is 0. The van der Waals surface area contributed by atoms with Crippen LogP contribution in [0.15, 0.2) is 15.7 Å². The van der Waals surface area contributed by atoms with E-state index < -0.39 is 11.2 Å². The molecule has 0 bridgehead atoms. The first-order chi connectivity index (χ1) is 11.3. The van der Waals surface area contributed by atoms with Gasteiger partial charge in [-0.05, 0) is 26.9 Å². The highest BCUT2D eigenvalue weighted by Gasteiger charge is 2.25. The van der Waals surface area contributed by atoms with Crippen LogP contribution in [0.1, 0.15) is 23.3 Å². The quantitative estimate of drug-likeness (QED) is 0.683. The number of likely N-dealkylation sites (N-methyl/N-ethyl adjacent to an activating group) is 1. The van der Waals surface area contributed by atoms with E-state index in [4.69, 9.17) is 4.74 Å². The summed E-state index contributed by atoms with van der Waals surface area (Å²) < 4.78 is 7.84. The van der Waals surface area contributed by atoms with Gasteiger partial charge < -0.3 is 14.5 Å². The van der Waals surface area contributed by atoms with Crippen molar-refractivity contribution in [3.05, 3.63) is 32.6 Å². The Bertz CT molecular complexity index is 701. The Balaban J connectivity index is 2.29. The van der Waals surface area contributed by atoms with Crippen LogP contribution in [0.5, 0.6) is 0 Å². The summed E-state index contributed by atoms with van der Waals surface area (Å²) in [6.45, 7) is 2.38. The normalized spacial score (nSPS) is 17.5. The van der Waals surface area contributed by atoms with E-state index in [1.54, 1.807) is 4.90 Å². The van der Waals surface area contributed by atoms with Gasteiger partial charge in [-0.15, -0.1) is 0 Å². The minimum absolute atomic E-state index is 0.0136. The largest absolute Gasteiger partial charge is 0.376 e. The van der Waals surface area contributed by atoms with Crippen molar-refractivity contribution in [2.75, 3.05) is 40.3 Å².